The van der Waals surface area contributed by atoms with Gasteiger partial charge in [0.15, 0.2) is 5.82 Å². The van der Waals surface area contributed by atoms with E-state index in [1.54, 1.807) is 65.7 Å². The summed E-state index contributed by atoms with van der Waals surface area (Å²) in [7, 11) is 0. The summed E-state index contributed by atoms with van der Waals surface area (Å²) in [6.07, 6.45) is 7.38. The van der Waals surface area contributed by atoms with Crippen molar-refractivity contribution >= 4 is 11.6 Å². The molecule has 1 atom stereocenters. The van der Waals surface area contributed by atoms with E-state index >= 15 is 0 Å². The Morgan fingerprint density at radius 3 is 2.85 bits per heavy atom. The number of carbonyl (C=O) groups excluding carboxylic acids is 1. The minimum atomic E-state index is -0.220. The van der Waals surface area contributed by atoms with Crippen LogP contribution in [0.5, 0.6) is 5.75 Å². The molecule has 1 unspecified atom stereocenters. The topological polar surface area (TPSA) is 78.3 Å². The Labute approximate surface area is 156 Å². The number of ether oxygens (including phenoxy) is 2. The predicted octanol–water partition coefficient (Wildman–Crippen LogP) is 3.08. The number of aromatic nitrogens is 3. The monoisotopic (exact) mass is 364 g/mol. The third-order valence-corrected chi connectivity index (χ3v) is 4.33. The molecule has 0 bridgehead atoms. The van der Waals surface area contributed by atoms with Crippen molar-refractivity contribution in [3.63, 3.8) is 0 Å². The maximum Gasteiger partial charge on any atom is 0.255 e. The van der Waals surface area contributed by atoms with E-state index < -0.39 is 0 Å². The Morgan fingerprint density at radius 1 is 1.22 bits per heavy atom. The van der Waals surface area contributed by atoms with Crippen LogP contribution in [0.3, 0.4) is 0 Å². The van der Waals surface area contributed by atoms with Crippen molar-refractivity contribution in [2.24, 2.45) is 0 Å². The van der Waals surface area contributed by atoms with Gasteiger partial charge in [-0.1, -0.05) is 0 Å². The lowest BCUT2D eigenvalue weighted by molar-refractivity contribution is 0.0679. The summed E-state index contributed by atoms with van der Waals surface area (Å²) in [5.74, 6) is 1.06. The molecule has 2 aromatic heterocycles. The van der Waals surface area contributed by atoms with E-state index in [0.29, 0.717) is 23.7 Å². The smallest absolute Gasteiger partial charge is 0.255 e. The van der Waals surface area contributed by atoms with Crippen molar-refractivity contribution in [3.8, 4) is 11.6 Å². The summed E-state index contributed by atoms with van der Waals surface area (Å²) < 4.78 is 12.9. The van der Waals surface area contributed by atoms with Gasteiger partial charge >= 0.3 is 0 Å². The third kappa shape index (κ3) is 4.15. The van der Waals surface area contributed by atoms with E-state index in [9.17, 15) is 4.79 Å². The largest absolute Gasteiger partial charge is 0.491 e. The van der Waals surface area contributed by atoms with E-state index in [4.69, 9.17) is 9.47 Å². The number of carbonyl (C=O) groups is 1. The van der Waals surface area contributed by atoms with Crippen LogP contribution in [0.1, 0.15) is 23.2 Å². The fourth-order valence-corrected chi connectivity index (χ4v) is 2.93. The second kappa shape index (κ2) is 8.01. The van der Waals surface area contributed by atoms with Gasteiger partial charge in [-0.2, -0.15) is 5.10 Å². The second-order valence-electron chi connectivity index (χ2n) is 6.25. The highest BCUT2D eigenvalue weighted by Gasteiger charge is 2.16. The van der Waals surface area contributed by atoms with Crippen LogP contribution in [0.2, 0.25) is 0 Å². The average molecular weight is 364 g/mol. The van der Waals surface area contributed by atoms with Gasteiger partial charge in [0.2, 0.25) is 0 Å². The SMILES string of the molecule is O=C(Nc1cccnc1-n1cccn1)c1ccc(OCC2CCCO2)cc1. The first kappa shape index (κ1) is 17.2. The fourth-order valence-electron chi connectivity index (χ4n) is 2.93. The van der Waals surface area contributed by atoms with E-state index in [-0.39, 0.29) is 12.0 Å². The number of rotatable bonds is 6. The second-order valence-corrected chi connectivity index (χ2v) is 6.25. The van der Waals surface area contributed by atoms with Crippen LogP contribution in [0, 0.1) is 0 Å². The highest BCUT2D eigenvalue weighted by Crippen LogP contribution is 2.19. The van der Waals surface area contributed by atoms with E-state index in [0.717, 1.165) is 25.2 Å². The number of hydrogen-bond donors (Lipinski definition) is 1. The highest BCUT2D eigenvalue weighted by atomic mass is 16.5. The van der Waals surface area contributed by atoms with Gasteiger partial charge in [0.05, 0.1) is 11.8 Å². The average Bonchev–Trinajstić information content (AvgIpc) is 3.41. The molecule has 3 aromatic rings. The molecule has 1 aliphatic rings. The van der Waals surface area contributed by atoms with Crippen molar-refractivity contribution in [1.82, 2.24) is 14.8 Å². The predicted molar refractivity (Wildman–Crippen MR) is 100 cm³/mol. The lowest BCUT2D eigenvalue weighted by atomic mass is 10.2. The maximum absolute atomic E-state index is 12.6. The van der Waals surface area contributed by atoms with Crippen molar-refractivity contribution in [2.75, 3.05) is 18.5 Å². The summed E-state index contributed by atoms with van der Waals surface area (Å²) in [6, 6.07) is 12.4. The van der Waals surface area contributed by atoms with Crippen LogP contribution in [-0.4, -0.2) is 40.0 Å². The van der Waals surface area contributed by atoms with Gasteiger partial charge in [-0.3, -0.25) is 4.79 Å². The van der Waals surface area contributed by atoms with Gasteiger partial charge in [-0.15, -0.1) is 0 Å². The zero-order valence-corrected chi connectivity index (χ0v) is 14.7. The van der Waals surface area contributed by atoms with Gasteiger partial charge in [0.1, 0.15) is 12.4 Å². The lowest BCUT2D eigenvalue weighted by Gasteiger charge is -2.12. The van der Waals surface area contributed by atoms with Gasteiger partial charge in [-0.05, 0) is 55.3 Å². The zero-order valence-electron chi connectivity index (χ0n) is 14.7. The molecule has 0 aliphatic carbocycles. The van der Waals surface area contributed by atoms with Crippen molar-refractivity contribution in [2.45, 2.75) is 18.9 Å². The molecule has 27 heavy (non-hydrogen) atoms. The van der Waals surface area contributed by atoms with Gasteiger partial charge in [0, 0.05) is 30.8 Å². The molecular weight excluding hydrogens is 344 g/mol. The molecule has 1 aliphatic heterocycles. The molecule has 0 spiro atoms. The third-order valence-electron chi connectivity index (χ3n) is 4.33. The molecule has 0 saturated carbocycles. The Balaban J connectivity index is 1.41. The first-order valence-electron chi connectivity index (χ1n) is 8.90. The first-order valence-corrected chi connectivity index (χ1v) is 8.90. The molecule has 0 radical (unpaired) electrons. The van der Waals surface area contributed by atoms with Crippen LogP contribution in [0.4, 0.5) is 5.69 Å². The van der Waals surface area contributed by atoms with E-state index in [2.05, 4.69) is 15.4 Å². The number of anilines is 1. The molecule has 138 valence electrons. The Kier molecular flexibility index (Phi) is 5.11. The quantitative estimate of drug-likeness (QED) is 0.727. The van der Waals surface area contributed by atoms with Crippen LogP contribution in [0.15, 0.2) is 61.1 Å². The fraction of sp³-hybridized carbons (Fsp3) is 0.250. The maximum atomic E-state index is 12.6. The van der Waals surface area contributed by atoms with Crippen molar-refractivity contribution in [1.29, 1.82) is 0 Å². The van der Waals surface area contributed by atoms with Crippen LogP contribution in [-0.2, 0) is 4.74 Å². The molecule has 7 heteroatoms. The van der Waals surface area contributed by atoms with Gasteiger partial charge < -0.3 is 14.8 Å². The number of nitrogens with zero attached hydrogens (tertiary/aromatic N) is 3. The Hall–Kier alpha value is -3.19. The molecule has 4 rings (SSSR count). The number of pyridine rings is 1. The van der Waals surface area contributed by atoms with Gasteiger partial charge in [-0.25, -0.2) is 9.67 Å². The van der Waals surface area contributed by atoms with Crippen LogP contribution in [0.25, 0.3) is 5.82 Å². The zero-order chi connectivity index (χ0) is 18.5. The van der Waals surface area contributed by atoms with Crippen LogP contribution >= 0.6 is 0 Å². The number of nitrogens with one attached hydrogen (secondary N) is 1. The Morgan fingerprint density at radius 2 is 2.11 bits per heavy atom. The molecule has 7 nitrogen and oxygen atoms in total. The normalized spacial score (nSPS) is 16.2. The minimum Gasteiger partial charge on any atom is -0.491 e. The molecular formula is C20H20N4O3. The standard InChI is InChI=1S/C20H20N4O3/c25-20(23-18-5-1-10-21-19(18)24-12-3-11-22-24)15-6-8-16(9-7-15)27-14-17-4-2-13-26-17/h1,3,5-12,17H,2,4,13-14H2,(H,23,25). The lowest BCUT2D eigenvalue weighted by Crippen LogP contribution is -2.16. The summed E-state index contributed by atoms with van der Waals surface area (Å²) in [5.41, 5.74) is 1.12. The van der Waals surface area contributed by atoms with E-state index in [1.807, 2.05) is 0 Å². The summed E-state index contributed by atoms with van der Waals surface area (Å²) >= 11 is 0. The molecule has 1 fully saturated rings. The number of hydrogen-bond acceptors (Lipinski definition) is 5. The molecule has 1 saturated heterocycles. The summed E-state index contributed by atoms with van der Waals surface area (Å²) in [6.45, 7) is 1.34. The molecule has 1 N–H and O–H groups in total. The van der Waals surface area contributed by atoms with E-state index in [1.165, 1.54) is 0 Å². The minimum absolute atomic E-state index is 0.166. The van der Waals surface area contributed by atoms with Gasteiger partial charge in [0.25, 0.3) is 5.91 Å². The summed E-state index contributed by atoms with van der Waals surface area (Å²) in [5, 5.41) is 7.06. The highest BCUT2D eigenvalue weighted by molar-refractivity contribution is 6.05. The summed E-state index contributed by atoms with van der Waals surface area (Å²) in [4.78, 5) is 16.9. The molecule has 3 heterocycles. The molecule has 1 amide bonds. The first-order chi connectivity index (χ1) is 13.3. The number of amides is 1. The van der Waals surface area contributed by atoms with Crippen molar-refractivity contribution in [3.05, 3.63) is 66.6 Å². The van der Waals surface area contributed by atoms with Crippen molar-refractivity contribution < 1.29 is 14.3 Å². The number of benzene rings is 1. The van der Waals surface area contributed by atoms with Crippen LogP contribution < -0.4 is 10.1 Å². The molecule has 1 aromatic carbocycles. The Bertz CT molecular complexity index is 888.